The fourth-order valence-corrected chi connectivity index (χ4v) is 3.01. The molecule has 1 heterocycles. The minimum atomic E-state index is -0.702. The summed E-state index contributed by atoms with van der Waals surface area (Å²) in [6, 6.07) is 16.9. The molecule has 1 aliphatic heterocycles. The van der Waals surface area contributed by atoms with Crippen molar-refractivity contribution >= 4 is 17.7 Å². The van der Waals surface area contributed by atoms with Crippen molar-refractivity contribution in [1.29, 1.82) is 0 Å². The van der Waals surface area contributed by atoms with E-state index in [9.17, 15) is 9.59 Å². The Kier molecular flexibility index (Phi) is 5.09. The van der Waals surface area contributed by atoms with Crippen LogP contribution in [0.25, 0.3) is 0 Å². The van der Waals surface area contributed by atoms with Crippen molar-refractivity contribution < 1.29 is 14.3 Å². The number of nitrogens with one attached hydrogen (secondary N) is 1. The minimum Gasteiger partial charge on any atom is -0.443 e. The average Bonchev–Trinajstić information content (AvgIpc) is 2.60. The lowest BCUT2D eigenvalue weighted by molar-refractivity contribution is -0.120. The van der Waals surface area contributed by atoms with Crippen LogP contribution in [0.15, 0.2) is 48.5 Å². The summed E-state index contributed by atoms with van der Waals surface area (Å²) in [4.78, 5) is 27.2. The Morgan fingerprint density at radius 3 is 2.65 bits per heavy atom. The van der Waals surface area contributed by atoms with Gasteiger partial charge in [0.05, 0.1) is 5.69 Å². The highest BCUT2D eigenvalue weighted by Crippen LogP contribution is 2.27. The van der Waals surface area contributed by atoms with E-state index < -0.39 is 17.7 Å². The van der Waals surface area contributed by atoms with Gasteiger partial charge in [0.2, 0.25) is 0 Å². The molecule has 1 N–H and O–H groups in total. The second-order valence-corrected chi connectivity index (χ2v) is 7.25. The van der Waals surface area contributed by atoms with Crippen LogP contribution in [0.4, 0.5) is 10.5 Å². The van der Waals surface area contributed by atoms with Gasteiger partial charge in [0.1, 0.15) is 11.6 Å². The lowest BCUT2D eigenvalue weighted by atomic mass is 9.93. The molecule has 1 unspecified atom stereocenters. The molecule has 3 rings (SSSR count). The van der Waals surface area contributed by atoms with Gasteiger partial charge in [-0.1, -0.05) is 36.4 Å². The van der Waals surface area contributed by atoms with E-state index in [1.807, 2.05) is 24.3 Å². The lowest BCUT2D eigenvalue weighted by Crippen LogP contribution is -2.48. The number of benzene rings is 2. The van der Waals surface area contributed by atoms with E-state index in [4.69, 9.17) is 4.74 Å². The summed E-state index contributed by atoms with van der Waals surface area (Å²) in [5.41, 5.74) is 1.76. The van der Waals surface area contributed by atoms with E-state index in [0.29, 0.717) is 12.2 Å². The van der Waals surface area contributed by atoms with Gasteiger partial charge in [-0.3, -0.25) is 4.79 Å². The zero-order valence-corrected chi connectivity index (χ0v) is 15.3. The smallest absolute Gasteiger partial charge is 0.421 e. The Bertz CT molecular complexity index is 796. The van der Waals surface area contributed by atoms with Crippen molar-refractivity contribution in [2.45, 2.75) is 38.8 Å². The third-order valence-electron chi connectivity index (χ3n) is 4.10. The quantitative estimate of drug-likeness (QED) is 0.897. The monoisotopic (exact) mass is 351 g/mol. The Morgan fingerprint density at radius 2 is 1.96 bits per heavy atom. The number of hydrogen-bond donors (Lipinski definition) is 1. The molecule has 2 aromatic carbocycles. The van der Waals surface area contributed by atoms with Crippen LogP contribution < -0.4 is 10.2 Å². The molecule has 1 aliphatic rings. The van der Waals surface area contributed by atoms with Crippen molar-refractivity contribution in [3.63, 3.8) is 0 Å². The molecule has 0 saturated heterocycles. The van der Waals surface area contributed by atoms with Gasteiger partial charge in [0.15, 0.2) is 0 Å². The summed E-state index contributed by atoms with van der Waals surface area (Å²) in [5, 5.41) is 3.23. The highest BCUT2D eigenvalue weighted by Gasteiger charge is 2.36. The standard InChI is InChI=1S/C21H23N2O3/c1-21(2,3)26-20(25)23(16-10-5-4-6-11-16)19(24)18-17-12-8-7-9-15(17)13-14-22-18/h4-5,7-12,18,22H,13-14H2,1-3H3. The molecule has 5 nitrogen and oxygen atoms in total. The molecule has 0 saturated carbocycles. The van der Waals surface area contributed by atoms with E-state index in [1.165, 1.54) is 0 Å². The third kappa shape index (κ3) is 3.94. The largest absolute Gasteiger partial charge is 0.443 e. The predicted molar refractivity (Wildman–Crippen MR) is 99.9 cm³/mol. The van der Waals surface area contributed by atoms with Crippen LogP contribution in [-0.2, 0) is 16.0 Å². The number of imide groups is 1. The topological polar surface area (TPSA) is 58.6 Å². The molecule has 0 aliphatic carbocycles. The average molecular weight is 351 g/mol. The number of carbonyl (C=O) groups excluding carboxylic acids is 2. The Morgan fingerprint density at radius 1 is 1.19 bits per heavy atom. The zero-order chi connectivity index (χ0) is 18.7. The van der Waals surface area contributed by atoms with Gasteiger partial charge in [-0.15, -0.1) is 0 Å². The van der Waals surface area contributed by atoms with Crippen LogP contribution in [-0.4, -0.2) is 24.1 Å². The fraction of sp³-hybridized carbons (Fsp3) is 0.333. The maximum atomic E-state index is 13.3. The molecule has 0 aromatic heterocycles. The van der Waals surface area contributed by atoms with Gasteiger partial charge < -0.3 is 10.1 Å². The van der Waals surface area contributed by atoms with E-state index in [2.05, 4.69) is 11.4 Å². The molecule has 2 aromatic rings. The molecule has 2 amide bonds. The van der Waals surface area contributed by atoms with Gasteiger partial charge >= 0.3 is 6.09 Å². The molecule has 1 radical (unpaired) electrons. The number of carbonyl (C=O) groups is 2. The van der Waals surface area contributed by atoms with Crippen molar-refractivity contribution in [1.82, 2.24) is 5.32 Å². The SMILES string of the molecule is CC(C)(C)OC(=O)N(C(=O)C1NCCc2ccccc21)c1c[c]ccc1. The van der Waals surface area contributed by atoms with Gasteiger partial charge in [-0.25, -0.2) is 9.69 Å². The summed E-state index contributed by atoms with van der Waals surface area (Å²) in [5.74, 6) is -0.356. The van der Waals surface area contributed by atoms with Gasteiger partial charge in [-0.05, 0) is 56.5 Å². The van der Waals surface area contributed by atoms with Crippen molar-refractivity contribution in [3.8, 4) is 0 Å². The Labute approximate surface area is 154 Å². The molecular formula is C21H23N2O3. The Hall–Kier alpha value is -2.66. The zero-order valence-electron chi connectivity index (χ0n) is 15.3. The van der Waals surface area contributed by atoms with Crippen molar-refractivity contribution in [2.75, 3.05) is 11.4 Å². The predicted octanol–water partition coefficient (Wildman–Crippen LogP) is 3.64. The van der Waals surface area contributed by atoms with E-state index in [0.717, 1.165) is 22.4 Å². The highest BCUT2D eigenvalue weighted by molar-refractivity contribution is 6.14. The molecule has 135 valence electrons. The van der Waals surface area contributed by atoms with E-state index in [1.54, 1.807) is 45.0 Å². The number of ether oxygens (including phenoxy) is 1. The molecule has 26 heavy (non-hydrogen) atoms. The molecular weight excluding hydrogens is 328 g/mol. The van der Waals surface area contributed by atoms with Gasteiger partial charge in [-0.2, -0.15) is 0 Å². The summed E-state index contributed by atoms with van der Waals surface area (Å²) >= 11 is 0. The van der Waals surface area contributed by atoms with Crippen LogP contribution in [0, 0.1) is 6.07 Å². The molecule has 1 atom stereocenters. The van der Waals surface area contributed by atoms with E-state index >= 15 is 0 Å². The number of nitrogens with zero attached hydrogens (tertiary/aromatic N) is 1. The number of anilines is 1. The second-order valence-electron chi connectivity index (χ2n) is 7.25. The second kappa shape index (κ2) is 7.30. The van der Waals surface area contributed by atoms with Crippen molar-refractivity contribution in [3.05, 3.63) is 65.7 Å². The summed E-state index contributed by atoms with van der Waals surface area (Å²) < 4.78 is 5.48. The van der Waals surface area contributed by atoms with E-state index in [-0.39, 0.29) is 5.91 Å². The number of fused-ring (bicyclic) bond motifs is 1. The third-order valence-corrected chi connectivity index (χ3v) is 4.10. The Balaban J connectivity index is 1.97. The van der Waals surface area contributed by atoms with Crippen LogP contribution in [0.5, 0.6) is 0 Å². The first kappa shape index (κ1) is 18.1. The normalized spacial score (nSPS) is 16.5. The van der Waals surface area contributed by atoms with Crippen LogP contribution in [0.1, 0.15) is 37.9 Å². The fourth-order valence-electron chi connectivity index (χ4n) is 3.01. The van der Waals surface area contributed by atoms with Crippen molar-refractivity contribution in [2.24, 2.45) is 0 Å². The molecule has 0 spiro atoms. The highest BCUT2D eigenvalue weighted by atomic mass is 16.6. The maximum Gasteiger partial charge on any atom is 0.421 e. The van der Waals surface area contributed by atoms with Crippen LogP contribution >= 0.6 is 0 Å². The first-order valence-electron chi connectivity index (χ1n) is 8.71. The van der Waals surface area contributed by atoms with Crippen LogP contribution in [0.2, 0.25) is 0 Å². The molecule has 0 bridgehead atoms. The molecule has 0 fully saturated rings. The number of hydrogen-bond acceptors (Lipinski definition) is 4. The minimum absolute atomic E-state index is 0.356. The lowest BCUT2D eigenvalue weighted by Gasteiger charge is -2.31. The van der Waals surface area contributed by atoms with Crippen LogP contribution in [0.3, 0.4) is 0 Å². The first-order valence-corrected chi connectivity index (χ1v) is 8.71. The summed E-state index contributed by atoms with van der Waals surface area (Å²) in [7, 11) is 0. The first-order chi connectivity index (χ1) is 12.4. The summed E-state index contributed by atoms with van der Waals surface area (Å²) in [6.07, 6.45) is 0.165. The number of rotatable bonds is 2. The van der Waals surface area contributed by atoms with Gasteiger partial charge in [0, 0.05) is 6.54 Å². The summed E-state index contributed by atoms with van der Waals surface area (Å²) in [6.45, 7) is 6.01. The number of amides is 2. The van der Waals surface area contributed by atoms with Gasteiger partial charge in [0.25, 0.3) is 5.91 Å². The maximum absolute atomic E-state index is 13.3. The molecule has 5 heteroatoms.